The number of nitrogens with one attached hydrogen (secondary N) is 1. The normalized spacial score (nSPS) is 12.6. The number of nitrogens with zero attached hydrogens (tertiary/aromatic N) is 2. The number of hydrogen-bond donors (Lipinski definition) is 2. The Labute approximate surface area is 100 Å². The van der Waals surface area contributed by atoms with E-state index in [1.807, 2.05) is 31.2 Å². The van der Waals surface area contributed by atoms with E-state index in [1.165, 1.54) is 0 Å². The molecule has 0 aliphatic carbocycles. The zero-order valence-electron chi connectivity index (χ0n) is 9.97. The highest BCUT2D eigenvalue weighted by molar-refractivity contribution is 5.89. The lowest BCUT2D eigenvalue weighted by atomic mass is 10.2. The summed E-state index contributed by atoms with van der Waals surface area (Å²) in [6, 6.07) is 7.93. The van der Waals surface area contributed by atoms with Gasteiger partial charge in [0.15, 0.2) is 0 Å². The van der Waals surface area contributed by atoms with Crippen LogP contribution in [0.4, 0.5) is 11.8 Å². The van der Waals surface area contributed by atoms with Gasteiger partial charge in [-0.25, -0.2) is 4.98 Å². The molecule has 2 rings (SSSR count). The van der Waals surface area contributed by atoms with Gasteiger partial charge in [0.1, 0.15) is 5.82 Å². The maximum Gasteiger partial charge on any atom is 0.222 e. The summed E-state index contributed by atoms with van der Waals surface area (Å²) in [5.74, 6) is 1.02. The Balaban J connectivity index is 2.38. The van der Waals surface area contributed by atoms with Crippen molar-refractivity contribution in [2.24, 2.45) is 0 Å². The first-order valence-corrected chi connectivity index (χ1v) is 5.48. The van der Waals surface area contributed by atoms with Crippen molar-refractivity contribution >= 4 is 22.7 Å². The van der Waals surface area contributed by atoms with Crippen LogP contribution in [-0.4, -0.2) is 29.7 Å². The molecule has 0 aliphatic heterocycles. The predicted molar refractivity (Wildman–Crippen MR) is 68.9 cm³/mol. The Bertz CT molecular complexity index is 515. The number of ether oxygens (including phenoxy) is 1. The number of rotatable bonds is 4. The van der Waals surface area contributed by atoms with Crippen molar-refractivity contribution in [2.75, 3.05) is 24.8 Å². The van der Waals surface area contributed by atoms with Gasteiger partial charge in [-0.15, -0.1) is 0 Å². The summed E-state index contributed by atoms with van der Waals surface area (Å²) in [4.78, 5) is 8.41. The Morgan fingerprint density at radius 3 is 2.88 bits per heavy atom. The number of hydrogen-bond acceptors (Lipinski definition) is 5. The van der Waals surface area contributed by atoms with E-state index in [0.717, 1.165) is 16.7 Å². The first kappa shape index (κ1) is 11.6. The zero-order chi connectivity index (χ0) is 12.3. The van der Waals surface area contributed by atoms with Crippen LogP contribution < -0.4 is 11.1 Å². The average molecular weight is 232 g/mol. The number of nitrogens with two attached hydrogens (primary N) is 1. The standard InChI is InChI=1S/C12H16N4O/c1-8(7-17-2)14-11-9-5-3-4-6-10(9)15-12(13)16-11/h3-6,8H,7H2,1-2H3,(H3,13,14,15,16). The summed E-state index contributed by atoms with van der Waals surface area (Å²) in [5.41, 5.74) is 6.52. The fourth-order valence-corrected chi connectivity index (χ4v) is 1.73. The van der Waals surface area contributed by atoms with Crippen molar-refractivity contribution in [1.82, 2.24) is 9.97 Å². The summed E-state index contributed by atoms with van der Waals surface area (Å²) in [5, 5.41) is 4.23. The number of fused-ring (bicyclic) bond motifs is 1. The molecule has 90 valence electrons. The van der Waals surface area contributed by atoms with Gasteiger partial charge in [0.2, 0.25) is 5.95 Å². The van der Waals surface area contributed by atoms with Crippen LogP contribution in [0.1, 0.15) is 6.92 Å². The van der Waals surface area contributed by atoms with Crippen molar-refractivity contribution in [1.29, 1.82) is 0 Å². The molecule has 17 heavy (non-hydrogen) atoms. The Hall–Kier alpha value is -1.88. The van der Waals surface area contributed by atoms with Crippen LogP contribution in [0, 0.1) is 0 Å². The first-order chi connectivity index (χ1) is 8.20. The molecule has 1 atom stereocenters. The lowest BCUT2D eigenvalue weighted by Gasteiger charge is -2.15. The van der Waals surface area contributed by atoms with Gasteiger partial charge >= 0.3 is 0 Å². The number of methoxy groups -OCH3 is 1. The highest BCUT2D eigenvalue weighted by Crippen LogP contribution is 2.21. The van der Waals surface area contributed by atoms with E-state index in [2.05, 4.69) is 15.3 Å². The number of nitrogen functional groups attached to an aromatic ring is 1. The van der Waals surface area contributed by atoms with Gasteiger partial charge in [0, 0.05) is 18.5 Å². The lowest BCUT2D eigenvalue weighted by Crippen LogP contribution is -2.22. The molecule has 0 radical (unpaired) electrons. The van der Waals surface area contributed by atoms with E-state index in [4.69, 9.17) is 10.5 Å². The third kappa shape index (κ3) is 2.62. The number of para-hydroxylation sites is 1. The van der Waals surface area contributed by atoms with Gasteiger partial charge in [0.25, 0.3) is 0 Å². The molecule has 1 heterocycles. The van der Waals surface area contributed by atoms with Crippen LogP contribution >= 0.6 is 0 Å². The second kappa shape index (κ2) is 4.97. The molecule has 1 aromatic heterocycles. The SMILES string of the molecule is COCC(C)Nc1nc(N)nc2ccccc12. The molecular weight excluding hydrogens is 216 g/mol. The molecule has 0 aliphatic rings. The van der Waals surface area contributed by atoms with E-state index in [0.29, 0.717) is 6.61 Å². The third-order valence-electron chi connectivity index (χ3n) is 2.42. The van der Waals surface area contributed by atoms with Gasteiger partial charge in [-0.1, -0.05) is 12.1 Å². The van der Waals surface area contributed by atoms with E-state index in [-0.39, 0.29) is 12.0 Å². The van der Waals surface area contributed by atoms with E-state index in [9.17, 15) is 0 Å². The largest absolute Gasteiger partial charge is 0.383 e. The molecule has 0 saturated carbocycles. The van der Waals surface area contributed by atoms with Crippen LogP contribution in [0.2, 0.25) is 0 Å². The second-order valence-corrected chi connectivity index (χ2v) is 3.95. The molecule has 0 fully saturated rings. The summed E-state index contributed by atoms with van der Waals surface area (Å²) >= 11 is 0. The van der Waals surface area contributed by atoms with Crippen LogP contribution in [0.3, 0.4) is 0 Å². The predicted octanol–water partition coefficient (Wildman–Crippen LogP) is 1.66. The average Bonchev–Trinajstić information content (AvgIpc) is 2.29. The summed E-state index contributed by atoms with van der Waals surface area (Å²) in [6.07, 6.45) is 0. The zero-order valence-corrected chi connectivity index (χ0v) is 9.97. The van der Waals surface area contributed by atoms with Crippen molar-refractivity contribution < 1.29 is 4.74 Å². The van der Waals surface area contributed by atoms with Crippen LogP contribution in [0.15, 0.2) is 24.3 Å². The van der Waals surface area contributed by atoms with Crippen molar-refractivity contribution in [2.45, 2.75) is 13.0 Å². The Morgan fingerprint density at radius 1 is 1.35 bits per heavy atom. The maximum absolute atomic E-state index is 5.68. The van der Waals surface area contributed by atoms with E-state index < -0.39 is 0 Å². The second-order valence-electron chi connectivity index (χ2n) is 3.95. The molecule has 1 unspecified atom stereocenters. The van der Waals surface area contributed by atoms with Crippen molar-refractivity contribution in [3.05, 3.63) is 24.3 Å². The number of aromatic nitrogens is 2. The molecule has 0 bridgehead atoms. The van der Waals surface area contributed by atoms with Crippen LogP contribution in [0.25, 0.3) is 10.9 Å². The molecule has 0 amide bonds. The molecule has 5 nitrogen and oxygen atoms in total. The third-order valence-corrected chi connectivity index (χ3v) is 2.42. The molecule has 5 heteroatoms. The lowest BCUT2D eigenvalue weighted by molar-refractivity contribution is 0.190. The fourth-order valence-electron chi connectivity index (χ4n) is 1.73. The Morgan fingerprint density at radius 2 is 2.12 bits per heavy atom. The topological polar surface area (TPSA) is 73.1 Å². The van der Waals surface area contributed by atoms with E-state index >= 15 is 0 Å². The minimum atomic E-state index is 0.165. The molecule has 1 aromatic carbocycles. The minimum Gasteiger partial charge on any atom is -0.383 e. The monoisotopic (exact) mass is 232 g/mol. The Kier molecular flexibility index (Phi) is 3.39. The molecule has 0 saturated heterocycles. The summed E-state index contributed by atoms with van der Waals surface area (Å²) < 4.78 is 5.08. The number of anilines is 2. The highest BCUT2D eigenvalue weighted by Gasteiger charge is 2.08. The quantitative estimate of drug-likeness (QED) is 0.838. The van der Waals surface area contributed by atoms with Crippen LogP contribution in [0.5, 0.6) is 0 Å². The smallest absolute Gasteiger partial charge is 0.222 e. The molecule has 0 spiro atoms. The maximum atomic E-state index is 5.68. The number of benzene rings is 1. The highest BCUT2D eigenvalue weighted by atomic mass is 16.5. The van der Waals surface area contributed by atoms with Gasteiger partial charge < -0.3 is 15.8 Å². The molecule has 2 aromatic rings. The van der Waals surface area contributed by atoms with Gasteiger partial charge in [-0.2, -0.15) is 4.98 Å². The van der Waals surface area contributed by atoms with Crippen molar-refractivity contribution in [3.63, 3.8) is 0 Å². The van der Waals surface area contributed by atoms with E-state index in [1.54, 1.807) is 7.11 Å². The van der Waals surface area contributed by atoms with Gasteiger partial charge in [-0.05, 0) is 19.1 Å². The molecular formula is C12H16N4O. The minimum absolute atomic E-state index is 0.165. The summed E-state index contributed by atoms with van der Waals surface area (Å²) in [6.45, 7) is 2.63. The van der Waals surface area contributed by atoms with Gasteiger partial charge in [-0.3, -0.25) is 0 Å². The first-order valence-electron chi connectivity index (χ1n) is 5.48. The molecule has 3 N–H and O–H groups in total. The fraction of sp³-hybridized carbons (Fsp3) is 0.333. The van der Waals surface area contributed by atoms with Crippen LogP contribution in [-0.2, 0) is 4.74 Å². The van der Waals surface area contributed by atoms with Gasteiger partial charge in [0.05, 0.1) is 12.1 Å². The summed E-state index contributed by atoms with van der Waals surface area (Å²) in [7, 11) is 1.67. The van der Waals surface area contributed by atoms with Crippen molar-refractivity contribution in [3.8, 4) is 0 Å².